The smallest absolute Gasteiger partial charge is 0.146 e. The molecule has 0 heterocycles. The molecule has 0 aromatic rings. The highest BCUT2D eigenvalue weighted by Crippen LogP contribution is 1.98. The Labute approximate surface area is 75.0 Å². The fraction of sp³-hybridized carbons (Fsp3) is 0.700. The lowest BCUT2D eigenvalue weighted by Crippen LogP contribution is -2.39. The standard InChI is InChI=1S/C10H19NO/c1-5-6-7-9(12)8-11-10(2,3)4/h5,11H,1,6-8H2,2-4H3. The molecule has 0 rings (SSSR count). The minimum absolute atomic E-state index is 0.0316. The van der Waals surface area contributed by atoms with Gasteiger partial charge in [0.05, 0.1) is 6.54 Å². The van der Waals surface area contributed by atoms with Crippen molar-refractivity contribution in [2.24, 2.45) is 0 Å². The van der Waals surface area contributed by atoms with Crippen LogP contribution in [0.4, 0.5) is 0 Å². The Kier molecular flexibility index (Phi) is 4.83. The van der Waals surface area contributed by atoms with Gasteiger partial charge in [-0.2, -0.15) is 0 Å². The lowest BCUT2D eigenvalue weighted by molar-refractivity contribution is -0.118. The van der Waals surface area contributed by atoms with Crippen LogP contribution >= 0.6 is 0 Å². The maximum atomic E-state index is 11.1. The second-order valence-corrected chi connectivity index (χ2v) is 3.97. The molecule has 1 N–H and O–H groups in total. The van der Waals surface area contributed by atoms with Gasteiger partial charge in [-0.05, 0) is 27.2 Å². The van der Waals surface area contributed by atoms with Crippen molar-refractivity contribution in [1.82, 2.24) is 5.32 Å². The van der Waals surface area contributed by atoms with Crippen LogP contribution in [0.2, 0.25) is 0 Å². The Balaban J connectivity index is 3.51. The van der Waals surface area contributed by atoms with E-state index in [2.05, 4.69) is 11.9 Å². The Hall–Kier alpha value is -0.630. The fourth-order valence-electron chi connectivity index (χ4n) is 0.715. The van der Waals surface area contributed by atoms with Crippen molar-refractivity contribution in [3.05, 3.63) is 12.7 Å². The molecule has 0 aliphatic heterocycles. The van der Waals surface area contributed by atoms with Gasteiger partial charge in [-0.3, -0.25) is 4.79 Å². The summed E-state index contributed by atoms with van der Waals surface area (Å²) in [4.78, 5) is 11.1. The normalized spacial score (nSPS) is 11.2. The van der Waals surface area contributed by atoms with E-state index in [0.29, 0.717) is 13.0 Å². The van der Waals surface area contributed by atoms with Crippen LogP contribution in [0.5, 0.6) is 0 Å². The van der Waals surface area contributed by atoms with Gasteiger partial charge in [-0.15, -0.1) is 6.58 Å². The first-order chi connectivity index (χ1) is 5.45. The highest BCUT2D eigenvalue weighted by atomic mass is 16.1. The third-order valence-corrected chi connectivity index (χ3v) is 1.44. The largest absolute Gasteiger partial charge is 0.305 e. The lowest BCUT2D eigenvalue weighted by Gasteiger charge is -2.19. The van der Waals surface area contributed by atoms with Gasteiger partial charge in [-0.25, -0.2) is 0 Å². The summed E-state index contributed by atoms with van der Waals surface area (Å²) in [6, 6.07) is 0. The maximum absolute atomic E-state index is 11.1. The number of rotatable bonds is 5. The van der Waals surface area contributed by atoms with Crippen LogP contribution < -0.4 is 5.32 Å². The van der Waals surface area contributed by atoms with Gasteiger partial charge in [0.2, 0.25) is 0 Å². The van der Waals surface area contributed by atoms with E-state index < -0.39 is 0 Å². The highest BCUT2D eigenvalue weighted by molar-refractivity contribution is 5.80. The molecule has 0 aliphatic rings. The topological polar surface area (TPSA) is 29.1 Å². The van der Waals surface area contributed by atoms with Crippen molar-refractivity contribution in [2.45, 2.75) is 39.2 Å². The van der Waals surface area contributed by atoms with Crippen LogP contribution in [-0.4, -0.2) is 17.9 Å². The first-order valence-electron chi connectivity index (χ1n) is 4.33. The molecule has 0 saturated heterocycles. The van der Waals surface area contributed by atoms with Gasteiger partial charge >= 0.3 is 0 Å². The molecule has 2 heteroatoms. The molecule has 0 aromatic heterocycles. The van der Waals surface area contributed by atoms with E-state index in [1.54, 1.807) is 6.08 Å². The summed E-state index contributed by atoms with van der Waals surface area (Å²) in [5, 5.41) is 3.15. The molecule has 0 fully saturated rings. The number of ketones is 1. The van der Waals surface area contributed by atoms with Gasteiger partial charge in [0, 0.05) is 12.0 Å². The molecular weight excluding hydrogens is 150 g/mol. The summed E-state index contributed by atoms with van der Waals surface area (Å²) < 4.78 is 0. The molecule has 0 bridgehead atoms. The van der Waals surface area contributed by atoms with Gasteiger partial charge in [0.15, 0.2) is 0 Å². The van der Waals surface area contributed by atoms with Crippen molar-refractivity contribution >= 4 is 5.78 Å². The van der Waals surface area contributed by atoms with E-state index in [0.717, 1.165) is 6.42 Å². The predicted molar refractivity (Wildman–Crippen MR) is 52.2 cm³/mol. The van der Waals surface area contributed by atoms with Crippen molar-refractivity contribution in [2.75, 3.05) is 6.54 Å². The number of allylic oxidation sites excluding steroid dienone is 1. The Morgan fingerprint density at radius 3 is 2.50 bits per heavy atom. The maximum Gasteiger partial charge on any atom is 0.146 e. The van der Waals surface area contributed by atoms with E-state index in [-0.39, 0.29) is 11.3 Å². The lowest BCUT2D eigenvalue weighted by atomic mass is 10.1. The third kappa shape index (κ3) is 7.48. The molecule has 0 aliphatic carbocycles. The summed E-state index contributed by atoms with van der Waals surface area (Å²) in [7, 11) is 0. The second kappa shape index (κ2) is 5.09. The fourth-order valence-corrected chi connectivity index (χ4v) is 0.715. The van der Waals surface area contributed by atoms with Crippen molar-refractivity contribution in [1.29, 1.82) is 0 Å². The second-order valence-electron chi connectivity index (χ2n) is 3.97. The van der Waals surface area contributed by atoms with Crippen LogP contribution in [0.25, 0.3) is 0 Å². The molecular formula is C10H19NO. The average Bonchev–Trinajstić information content (AvgIpc) is 1.95. The SMILES string of the molecule is C=CCCC(=O)CNC(C)(C)C. The summed E-state index contributed by atoms with van der Waals surface area (Å²) in [6.45, 7) is 10.2. The Bertz CT molecular complexity index is 156. The molecule has 2 nitrogen and oxygen atoms in total. The molecule has 70 valence electrons. The van der Waals surface area contributed by atoms with Gasteiger partial charge in [0.1, 0.15) is 5.78 Å². The summed E-state index contributed by atoms with van der Waals surface area (Å²) in [6.07, 6.45) is 3.16. The van der Waals surface area contributed by atoms with E-state index in [1.807, 2.05) is 20.8 Å². The van der Waals surface area contributed by atoms with Crippen LogP contribution in [-0.2, 0) is 4.79 Å². The molecule has 0 spiro atoms. The van der Waals surface area contributed by atoms with Crippen LogP contribution in [0.3, 0.4) is 0 Å². The minimum Gasteiger partial charge on any atom is -0.305 e. The minimum atomic E-state index is 0.0316. The molecule has 0 unspecified atom stereocenters. The summed E-state index contributed by atoms with van der Waals surface area (Å²) in [5.74, 6) is 0.254. The number of nitrogens with one attached hydrogen (secondary N) is 1. The van der Waals surface area contributed by atoms with Crippen molar-refractivity contribution in [3.63, 3.8) is 0 Å². The molecule has 0 aromatic carbocycles. The monoisotopic (exact) mass is 169 g/mol. The Morgan fingerprint density at radius 2 is 2.08 bits per heavy atom. The highest BCUT2D eigenvalue weighted by Gasteiger charge is 2.10. The third-order valence-electron chi connectivity index (χ3n) is 1.44. The zero-order chi connectivity index (χ0) is 9.61. The Morgan fingerprint density at radius 1 is 1.50 bits per heavy atom. The van der Waals surface area contributed by atoms with Crippen LogP contribution in [0.1, 0.15) is 33.6 Å². The summed E-state index contributed by atoms with van der Waals surface area (Å²) in [5.41, 5.74) is 0.0316. The van der Waals surface area contributed by atoms with Gasteiger partial charge in [-0.1, -0.05) is 6.08 Å². The number of hydrogen-bond donors (Lipinski definition) is 1. The van der Waals surface area contributed by atoms with Crippen LogP contribution in [0, 0.1) is 0 Å². The molecule has 0 saturated carbocycles. The molecule has 0 radical (unpaired) electrons. The first-order valence-corrected chi connectivity index (χ1v) is 4.33. The van der Waals surface area contributed by atoms with E-state index >= 15 is 0 Å². The van der Waals surface area contributed by atoms with Gasteiger partial charge < -0.3 is 5.32 Å². The average molecular weight is 169 g/mol. The predicted octanol–water partition coefficient (Wildman–Crippen LogP) is 1.91. The number of hydrogen-bond acceptors (Lipinski definition) is 2. The van der Waals surface area contributed by atoms with E-state index in [4.69, 9.17) is 0 Å². The molecule has 0 amide bonds. The van der Waals surface area contributed by atoms with Crippen molar-refractivity contribution in [3.8, 4) is 0 Å². The quantitative estimate of drug-likeness (QED) is 0.637. The molecule has 0 atom stereocenters. The van der Waals surface area contributed by atoms with Crippen molar-refractivity contribution < 1.29 is 4.79 Å². The number of carbonyl (C=O) groups is 1. The first kappa shape index (κ1) is 11.4. The van der Waals surface area contributed by atoms with E-state index in [9.17, 15) is 4.79 Å². The van der Waals surface area contributed by atoms with Gasteiger partial charge in [0.25, 0.3) is 0 Å². The zero-order valence-electron chi connectivity index (χ0n) is 8.31. The van der Waals surface area contributed by atoms with E-state index in [1.165, 1.54) is 0 Å². The summed E-state index contributed by atoms with van der Waals surface area (Å²) >= 11 is 0. The number of Topliss-reactive ketones (excluding diaryl/α,β-unsaturated/α-hetero) is 1. The number of carbonyl (C=O) groups excluding carboxylic acids is 1. The molecule has 12 heavy (non-hydrogen) atoms. The van der Waals surface area contributed by atoms with Crippen LogP contribution in [0.15, 0.2) is 12.7 Å². The zero-order valence-corrected chi connectivity index (χ0v) is 8.31.